The highest BCUT2D eigenvalue weighted by atomic mass is 16.5. The molecule has 0 saturated heterocycles. The summed E-state index contributed by atoms with van der Waals surface area (Å²) in [7, 11) is 1.71. The number of nitrogens with zero attached hydrogens (tertiary/aromatic N) is 2. The van der Waals surface area contributed by atoms with Crippen molar-refractivity contribution in [3.05, 3.63) is 18.5 Å². The molecule has 0 amide bonds. The van der Waals surface area contributed by atoms with Gasteiger partial charge in [-0.2, -0.15) is 5.10 Å². The molecule has 0 unspecified atom stereocenters. The molecule has 0 aliphatic carbocycles. The van der Waals surface area contributed by atoms with Gasteiger partial charge in [-0.25, -0.2) is 0 Å². The Morgan fingerprint density at radius 2 is 2.00 bits per heavy atom. The number of nitrogens with one attached hydrogen (secondary N) is 2. The van der Waals surface area contributed by atoms with Gasteiger partial charge in [0.25, 0.3) is 0 Å². The molecular weight excluding hydrogens is 192 g/mol. The minimum atomic E-state index is 0.771. The van der Waals surface area contributed by atoms with Crippen molar-refractivity contribution >= 4 is 0 Å². The van der Waals surface area contributed by atoms with Gasteiger partial charge in [-0.3, -0.25) is 4.68 Å². The number of rotatable bonds is 9. The van der Waals surface area contributed by atoms with Crippen LogP contribution in [0.4, 0.5) is 0 Å². The van der Waals surface area contributed by atoms with Gasteiger partial charge >= 0.3 is 0 Å². The highest BCUT2D eigenvalue weighted by molar-refractivity contribution is 4.77. The van der Waals surface area contributed by atoms with Gasteiger partial charge < -0.3 is 15.4 Å². The second kappa shape index (κ2) is 8.40. The van der Waals surface area contributed by atoms with Gasteiger partial charge in [0, 0.05) is 45.7 Å². The van der Waals surface area contributed by atoms with E-state index in [0.717, 1.165) is 39.3 Å². The normalized spacial score (nSPS) is 10.7. The Balaban J connectivity index is 1.81. The van der Waals surface area contributed by atoms with Crippen LogP contribution in [-0.4, -0.2) is 49.7 Å². The van der Waals surface area contributed by atoms with Crippen LogP contribution in [0.5, 0.6) is 0 Å². The molecule has 1 rings (SSSR count). The van der Waals surface area contributed by atoms with Crippen molar-refractivity contribution in [1.29, 1.82) is 0 Å². The first-order valence-electron chi connectivity index (χ1n) is 5.31. The fraction of sp³-hybridized carbons (Fsp3) is 0.700. The fourth-order valence-electron chi connectivity index (χ4n) is 1.23. The minimum absolute atomic E-state index is 0.771. The first-order chi connectivity index (χ1) is 7.43. The van der Waals surface area contributed by atoms with E-state index in [1.54, 1.807) is 13.3 Å². The zero-order valence-corrected chi connectivity index (χ0v) is 9.28. The van der Waals surface area contributed by atoms with E-state index in [9.17, 15) is 0 Å². The Morgan fingerprint density at radius 3 is 2.67 bits per heavy atom. The van der Waals surface area contributed by atoms with Gasteiger partial charge in [0.15, 0.2) is 0 Å². The van der Waals surface area contributed by atoms with Crippen LogP contribution in [0.3, 0.4) is 0 Å². The van der Waals surface area contributed by atoms with Crippen LogP contribution in [0.25, 0.3) is 0 Å². The topological polar surface area (TPSA) is 51.1 Å². The third-order valence-electron chi connectivity index (χ3n) is 2.04. The van der Waals surface area contributed by atoms with Gasteiger partial charge in [0.1, 0.15) is 0 Å². The van der Waals surface area contributed by atoms with E-state index >= 15 is 0 Å². The Morgan fingerprint density at radius 1 is 1.20 bits per heavy atom. The molecule has 0 aliphatic rings. The summed E-state index contributed by atoms with van der Waals surface area (Å²) in [5.41, 5.74) is 0. The van der Waals surface area contributed by atoms with Gasteiger partial charge in [0.2, 0.25) is 0 Å². The zero-order valence-electron chi connectivity index (χ0n) is 9.28. The van der Waals surface area contributed by atoms with E-state index in [1.165, 1.54) is 0 Å². The molecule has 0 saturated carbocycles. The van der Waals surface area contributed by atoms with E-state index in [2.05, 4.69) is 15.7 Å². The molecule has 0 aliphatic heterocycles. The van der Waals surface area contributed by atoms with Crippen molar-refractivity contribution in [1.82, 2.24) is 20.4 Å². The van der Waals surface area contributed by atoms with E-state index in [1.807, 2.05) is 16.9 Å². The number of hydrogen-bond acceptors (Lipinski definition) is 4. The van der Waals surface area contributed by atoms with E-state index in [0.29, 0.717) is 0 Å². The molecule has 86 valence electrons. The maximum atomic E-state index is 4.92. The quantitative estimate of drug-likeness (QED) is 0.552. The molecule has 0 atom stereocenters. The van der Waals surface area contributed by atoms with Crippen LogP contribution in [0, 0.1) is 0 Å². The number of methoxy groups -OCH3 is 1. The van der Waals surface area contributed by atoms with Crippen molar-refractivity contribution in [2.24, 2.45) is 0 Å². The summed E-state index contributed by atoms with van der Waals surface area (Å²) in [6.07, 6.45) is 3.77. The lowest BCUT2D eigenvalue weighted by Crippen LogP contribution is -2.31. The van der Waals surface area contributed by atoms with Gasteiger partial charge in [-0.15, -0.1) is 0 Å². The van der Waals surface area contributed by atoms with Crippen molar-refractivity contribution in [2.45, 2.75) is 6.54 Å². The standard InChI is InChI=1S/C10H20N4O/c1-15-10-7-12-5-4-11-6-9-14-8-2-3-13-14/h2-3,8,11-12H,4-7,9-10H2,1H3. The van der Waals surface area contributed by atoms with Crippen LogP contribution in [0.1, 0.15) is 0 Å². The number of ether oxygens (including phenoxy) is 1. The third-order valence-corrected chi connectivity index (χ3v) is 2.04. The molecular formula is C10H20N4O. The Kier molecular flexibility index (Phi) is 6.81. The molecule has 0 bridgehead atoms. The van der Waals surface area contributed by atoms with Crippen molar-refractivity contribution in [2.75, 3.05) is 39.9 Å². The highest BCUT2D eigenvalue weighted by Gasteiger charge is 1.90. The monoisotopic (exact) mass is 212 g/mol. The van der Waals surface area contributed by atoms with Gasteiger partial charge in [-0.05, 0) is 6.07 Å². The van der Waals surface area contributed by atoms with E-state index in [4.69, 9.17) is 4.74 Å². The Labute approximate surface area is 90.8 Å². The van der Waals surface area contributed by atoms with Crippen LogP contribution in [0.2, 0.25) is 0 Å². The summed E-state index contributed by atoms with van der Waals surface area (Å²) in [5, 5.41) is 10.7. The maximum absolute atomic E-state index is 4.92. The average Bonchev–Trinajstić information content (AvgIpc) is 2.75. The summed E-state index contributed by atoms with van der Waals surface area (Å²) in [5.74, 6) is 0. The number of aromatic nitrogens is 2. The summed E-state index contributed by atoms with van der Waals surface area (Å²) in [4.78, 5) is 0. The first kappa shape index (κ1) is 12.2. The molecule has 1 aromatic heterocycles. The second-order valence-electron chi connectivity index (χ2n) is 3.26. The van der Waals surface area contributed by atoms with Gasteiger partial charge in [0.05, 0.1) is 13.2 Å². The maximum Gasteiger partial charge on any atom is 0.0587 e. The van der Waals surface area contributed by atoms with Crippen molar-refractivity contribution < 1.29 is 4.74 Å². The van der Waals surface area contributed by atoms with Crippen LogP contribution < -0.4 is 10.6 Å². The van der Waals surface area contributed by atoms with Crippen LogP contribution in [0.15, 0.2) is 18.5 Å². The summed E-state index contributed by atoms with van der Waals surface area (Å²) >= 11 is 0. The fourth-order valence-corrected chi connectivity index (χ4v) is 1.23. The molecule has 2 N–H and O–H groups in total. The lowest BCUT2D eigenvalue weighted by molar-refractivity contribution is 0.199. The predicted octanol–water partition coefficient (Wildman–Crippen LogP) is -0.291. The lowest BCUT2D eigenvalue weighted by Gasteiger charge is -2.06. The molecule has 5 nitrogen and oxygen atoms in total. The zero-order chi connectivity index (χ0) is 10.8. The third kappa shape index (κ3) is 6.22. The molecule has 0 fully saturated rings. The van der Waals surface area contributed by atoms with Crippen LogP contribution in [-0.2, 0) is 11.3 Å². The number of hydrogen-bond donors (Lipinski definition) is 2. The largest absolute Gasteiger partial charge is 0.383 e. The predicted molar refractivity (Wildman–Crippen MR) is 59.8 cm³/mol. The molecule has 1 aromatic rings. The summed E-state index contributed by atoms with van der Waals surface area (Å²) in [6, 6.07) is 1.94. The van der Waals surface area contributed by atoms with Crippen LogP contribution >= 0.6 is 0 Å². The van der Waals surface area contributed by atoms with Crippen molar-refractivity contribution in [3.63, 3.8) is 0 Å². The minimum Gasteiger partial charge on any atom is -0.383 e. The van der Waals surface area contributed by atoms with E-state index in [-0.39, 0.29) is 0 Å². The highest BCUT2D eigenvalue weighted by Crippen LogP contribution is 1.81. The molecule has 15 heavy (non-hydrogen) atoms. The second-order valence-corrected chi connectivity index (χ2v) is 3.26. The molecule has 0 radical (unpaired) electrons. The molecule has 1 heterocycles. The van der Waals surface area contributed by atoms with E-state index < -0.39 is 0 Å². The Hall–Kier alpha value is -0.910. The molecule has 5 heteroatoms. The summed E-state index contributed by atoms with van der Waals surface area (Å²) < 4.78 is 6.85. The molecule has 0 spiro atoms. The Bertz CT molecular complexity index is 225. The van der Waals surface area contributed by atoms with Gasteiger partial charge in [-0.1, -0.05) is 0 Å². The smallest absolute Gasteiger partial charge is 0.0587 e. The first-order valence-corrected chi connectivity index (χ1v) is 5.31. The lowest BCUT2D eigenvalue weighted by atomic mass is 10.5. The van der Waals surface area contributed by atoms with Crippen molar-refractivity contribution in [3.8, 4) is 0 Å². The average molecular weight is 212 g/mol. The molecule has 0 aromatic carbocycles. The SMILES string of the molecule is COCCNCCNCCn1cccn1. The summed E-state index contributed by atoms with van der Waals surface area (Å²) in [6.45, 7) is 5.51.